The normalized spacial score (nSPS) is 11.5. The number of rotatable bonds is 3. The van der Waals surface area contributed by atoms with Crippen molar-refractivity contribution in [3.63, 3.8) is 0 Å². The first kappa shape index (κ1) is 11.9. The van der Waals surface area contributed by atoms with Gasteiger partial charge in [-0.2, -0.15) is 4.52 Å². The summed E-state index contributed by atoms with van der Waals surface area (Å²) in [4.78, 5) is 8.85. The van der Waals surface area contributed by atoms with E-state index in [1.165, 1.54) is 0 Å². The van der Waals surface area contributed by atoms with Gasteiger partial charge >= 0.3 is 0 Å². The Morgan fingerprint density at radius 3 is 2.95 bits per heavy atom. The third-order valence-electron chi connectivity index (χ3n) is 3.32. The van der Waals surface area contributed by atoms with Gasteiger partial charge in [0.1, 0.15) is 5.82 Å². The van der Waals surface area contributed by atoms with Gasteiger partial charge in [0.15, 0.2) is 11.5 Å². The highest BCUT2D eigenvalue weighted by atomic mass is 15.5. The zero-order valence-electron chi connectivity index (χ0n) is 11.1. The van der Waals surface area contributed by atoms with E-state index < -0.39 is 0 Å². The predicted octanol–water partition coefficient (Wildman–Crippen LogP) is 0.359. The van der Waals surface area contributed by atoms with E-state index in [-0.39, 0.29) is 0 Å². The number of hydrogen-bond acceptors (Lipinski definition) is 6. The second-order valence-electron chi connectivity index (χ2n) is 4.61. The van der Waals surface area contributed by atoms with E-state index in [0.29, 0.717) is 18.6 Å². The van der Waals surface area contributed by atoms with Crippen LogP contribution in [0.3, 0.4) is 0 Å². The number of fused-ring (bicyclic) bond motifs is 2. The van der Waals surface area contributed by atoms with Crippen molar-refractivity contribution in [2.45, 2.75) is 6.42 Å². The number of aromatic nitrogens is 7. The molecule has 0 amide bonds. The fourth-order valence-corrected chi connectivity index (χ4v) is 2.44. The van der Waals surface area contributed by atoms with Gasteiger partial charge in [0, 0.05) is 6.42 Å². The molecule has 8 nitrogen and oxygen atoms in total. The maximum Gasteiger partial charge on any atom is 0.199 e. The molecular formula is C13H12N8. The quantitative estimate of drug-likeness (QED) is 0.581. The predicted molar refractivity (Wildman–Crippen MR) is 76.0 cm³/mol. The Labute approximate surface area is 119 Å². The number of nitrogens with zero attached hydrogens (tertiary/aromatic N) is 7. The van der Waals surface area contributed by atoms with E-state index in [1.54, 1.807) is 16.9 Å². The van der Waals surface area contributed by atoms with Crippen LogP contribution in [0.2, 0.25) is 0 Å². The Kier molecular flexibility index (Phi) is 2.61. The minimum atomic E-state index is 0.516. The number of hydrogen-bond donors (Lipinski definition) is 1. The van der Waals surface area contributed by atoms with E-state index in [4.69, 9.17) is 5.73 Å². The molecule has 104 valence electrons. The standard InChI is InChI=1S/C13H12N8/c14-6-5-11-16-9-3-1-2-4-10(9)20(11)13-8-15-7-12-17-18-19-21(12)13/h1-4,7-8H,5-6,14H2. The average molecular weight is 280 g/mol. The summed E-state index contributed by atoms with van der Waals surface area (Å²) in [5, 5.41) is 11.6. The van der Waals surface area contributed by atoms with Crippen molar-refractivity contribution in [1.29, 1.82) is 0 Å². The number of imidazole rings is 1. The van der Waals surface area contributed by atoms with E-state index >= 15 is 0 Å². The lowest BCUT2D eigenvalue weighted by atomic mass is 10.3. The van der Waals surface area contributed by atoms with E-state index in [2.05, 4.69) is 25.5 Å². The van der Waals surface area contributed by atoms with Crippen molar-refractivity contribution in [3.05, 3.63) is 42.5 Å². The summed E-state index contributed by atoms with van der Waals surface area (Å²) < 4.78 is 3.64. The summed E-state index contributed by atoms with van der Waals surface area (Å²) >= 11 is 0. The summed E-state index contributed by atoms with van der Waals surface area (Å²) in [6, 6.07) is 7.91. The first-order chi connectivity index (χ1) is 10.4. The molecule has 21 heavy (non-hydrogen) atoms. The lowest BCUT2D eigenvalue weighted by molar-refractivity contribution is 0.763. The Morgan fingerprint density at radius 2 is 2.05 bits per heavy atom. The Morgan fingerprint density at radius 1 is 1.14 bits per heavy atom. The molecule has 0 aliphatic heterocycles. The first-order valence-electron chi connectivity index (χ1n) is 6.57. The van der Waals surface area contributed by atoms with Crippen LogP contribution < -0.4 is 5.73 Å². The van der Waals surface area contributed by atoms with Gasteiger partial charge in [-0.05, 0) is 29.1 Å². The van der Waals surface area contributed by atoms with Crippen LogP contribution in [0, 0.1) is 0 Å². The molecule has 0 fully saturated rings. The van der Waals surface area contributed by atoms with Crippen LogP contribution in [-0.4, -0.2) is 41.1 Å². The zero-order chi connectivity index (χ0) is 14.2. The summed E-state index contributed by atoms with van der Waals surface area (Å²) in [6.07, 6.45) is 4.00. The number of tetrazole rings is 1. The van der Waals surface area contributed by atoms with Crippen LogP contribution in [0.15, 0.2) is 36.7 Å². The third-order valence-corrected chi connectivity index (χ3v) is 3.32. The van der Waals surface area contributed by atoms with Crippen LogP contribution in [0.5, 0.6) is 0 Å². The molecular weight excluding hydrogens is 268 g/mol. The monoisotopic (exact) mass is 280 g/mol. The van der Waals surface area contributed by atoms with Gasteiger partial charge in [0.25, 0.3) is 0 Å². The molecule has 2 N–H and O–H groups in total. The fourth-order valence-electron chi connectivity index (χ4n) is 2.44. The number of para-hydroxylation sites is 2. The molecule has 1 aromatic carbocycles. The van der Waals surface area contributed by atoms with E-state index in [9.17, 15) is 0 Å². The second kappa shape index (κ2) is 4.60. The van der Waals surface area contributed by atoms with Crippen molar-refractivity contribution in [2.24, 2.45) is 5.73 Å². The highest BCUT2D eigenvalue weighted by molar-refractivity contribution is 5.78. The Hall–Kier alpha value is -2.87. The summed E-state index contributed by atoms with van der Waals surface area (Å²) in [5.74, 6) is 1.61. The smallest absolute Gasteiger partial charge is 0.199 e. The fraction of sp³-hybridized carbons (Fsp3) is 0.154. The topological polar surface area (TPSA) is 99.8 Å². The molecule has 4 rings (SSSR count). The van der Waals surface area contributed by atoms with Crippen LogP contribution >= 0.6 is 0 Å². The molecule has 0 saturated carbocycles. The van der Waals surface area contributed by atoms with Crippen LogP contribution in [0.4, 0.5) is 0 Å². The summed E-state index contributed by atoms with van der Waals surface area (Å²) in [6.45, 7) is 0.516. The highest BCUT2D eigenvalue weighted by Crippen LogP contribution is 2.21. The first-order valence-corrected chi connectivity index (χ1v) is 6.57. The van der Waals surface area contributed by atoms with Gasteiger partial charge in [-0.15, -0.1) is 5.10 Å². The van der Waals surface area contributed by atoms with Crippen molar-refractivity contribution in [1.82, 2.24) is 34.6 Å². The molecule has 3 aromatic heterocycles. The van der Waals surface area contributed by atoms with Gasteiger partial charge in [-0.25, -0.2) is 4.98 Å². The lowest BCUT2D eigenvalue weighted by Gasteiger charge is -2.08. The second-order valence-corrected chi connectivity index (χ2v) is 4.61. The van der Waals surface area contributed by atoms with E-state index in [1.807, 2.05) is 28.8 Å². The molecule has 0 spiro atoms. The van der Waals surface area contributed by atoms with Crippen molar-refractivity contribution < 1.29 is 0 Å². The molecule has 8 heteroatoms. The van der Waals surface area contributed by atoms with Crippen LogP contribution in [-0.2, 0) is 6.42 Å². The molecule has 0 radical (unpaired) electrons. The average Bonchev–Trinajstić information content (AvgIpc) is 3.11. The van der Waals surface area contributed by atoms with Crippen molar-refractivity contribution in [3.8, 4) is 5.82 Å². The maximum atomic E-state index is 5.71. The third kappa shape index (κ3) is 1.77. The minimum absolute atomic E-state index is 0.516. The molecule has 0 atom stereocenters. The van der Waals surface area contributed by atoms with Crippen LogP contribution in [0.1, 0.15) is 5.82 Å². The molecule has 0 aliphatic rings. The zero-order valence-corrected chi connectivity index (χ0v) is 11.1. The summed E-state index contributed by atoms with van der Waals surface area (Å²) in [7, 11) is 0. The van der Waals surface area contributed by atoms with Crippen molar-refractivity contribution in [2.75, 3.05) is 6.54 Å². The van der Waals surface area contributed by atoms with Gasteiger partial charge in [-0.3, -0.25) is 9.55 Å². The molecule has 3 heterocycles. The maximum absolute atomic E-state index is 5.71. The van der Waals surface area contributed by atoms with Gasteiger partial charge in [-0.1, -0.05) is 12.1 Å². The molecule has 0 unspecified atom stereocenters. The van der Waals surface area contributed by atoms with Crippen molar-refractivity contribution >= 4 is 16.7 Å². The SMILES string of the molecule is NCCc1nc2ccccc2n1-c1cncc2nnnn12. The Bertz CT molecular complexity index is 922. The minimum Gasteiger partial charge on any atom is -0.330 e. The largest absolute Gasteiger partial charge is 0.330 e. The highest BCUT2D eigenvalue weighted by Gasteiger charge is 2.15. The Balaban J connectivity index is 2.09. The van der Waals surface area contributed by atoms with E-state index in [0.717, 1.165) is 22.7 Å². The number of nitrogens with two attached hydrogens (primary N) is 1. The molecule has 0 aliphatic carbocycles. The summed E-state index contributed by atoms with van der Waals surface area (Å²) in [5.41, 5.74) is 8.18. The molecule has 4 aromatic rings. The van der Waals surface area contributed by atoms with Crippen LogP contribution in [0.25, 0.3) is 22.5 Å². The molecule has 0 bridgehead atoms. The van der Waals surface area contributed by atoms with Gasteiger partial charge in [0.05, 0.1) is 23.4 Å². The van der Waals surface area contributed by atoms with Gasteiger partial charge < -0.3 is 5.73 Å². The molecule has 0 saturated heterocycles. The number of benzene rings is 1. The lowest BCUT2D eigenvalue weighted by Crippen LogP contribution is -2.12. The van der Waals surface area contributed by atoms with Gasteiger partial charge in [0.2, 0.25) is 0 Å².